The predicted molar refractivity (Wildman–Crippen MR) is 101 cm³/mol. The first-order valence-corrected chi connectivity index (χ1v) is 9.10. The molecular formula is C21H23NO6. The highest BCUT2D eigenvalue weighted by Crippen LogP contribution is 2.31. The fourth-order valence-corrected chi connectivity index (χ4v) is 3.38. The number of aryl methyl sites for hydroxylation is 1. The molecule has 0 spiro atoms. The first kappa shape index (κ1) is 19.7. The number of aromatic nitrogens is 1. The molecule has 0 bridgehead atoms. The lowest BCUT2D eigenvalue weighted by Gasteiger charge is -2.19. The molecule has 1 aromatic heterocycles. The van der Waals surface area contributed by atoms with Crippen molar-refractivity contribution in [3.05, 3.63) is 46.3 Å². The number of carbonyl (C=O) groups is 3. The number of aromatic amines is 1. The van der Waals surface area contributed by atoms with Crippen LogP contribution in [0, 0.1) is 13.8 Å². The quantitative estimate of drug-likeness (QED) is 0.607. The lowest BCUT2D eigenvalue weighted by atomic mass is 10.0. The van der Waals surface area contributed by atoms with Crippen molar-refractivity contribution in [1.82, 2.24) is 4.98 Å². The fourth-order valence-electron chi connectivity index (χ4n) is 3.38. The SMILES string of the molecule is CC(=O)c1c(C)[nH]c(C(=O)[C@H](C)OC(=O)Cc2ccc3c(c2)OCCO3)c1C. The largest absolute Gasteiger partial charge is 0.486 e. The zero-order valence-electron chi connectivity index (χ0n) is 16.4. The molecule has 148 valence electrons. The Morgan fingerprint density at radius 2 is 1.82 bits per heavy atom. The summed E-state index contributed by atoms with van der Waals surface area (Å²) in [5.74, 6) is 0.225. The Balaban J connectivity index is 1.66. The summed E-state index contributed by atoms with van der Waals surface area (Å²) in [7, 11) is 0. The van der Waals surface area contributed by atoms with Crippen LogP contribution in [-0.2, 0) is 16.0 Å². The summed E-state index contributed by atoms with van der Waals surface area (Å²) >= 11 is 0. The lowest BCUT2D eigenvalue weighted by Crippen LogP contribution is -2.26. The minimum Gasteiger partial charge on any atom is -0.486 e. The third kappa shape index (κ3) is 3.93. The second kappa shape index (κ2) is 7.88. The number of benzene rings is 1. The van der Waals surface area contributed by atoms with Gasteiger partial charge in [-0.05, 0) is 51.0 Å². The van der Waals surface area contributed by atoms with Crippen LogP contribution >= 0.6 is 0 Å². The fraction of sp³-hybridized carbons (Fsp3) is 0.381. The molecule has 7 heteroatoms. The molecule has 0 radical (unpaired) electrons. The second-order valence-electron chi connectivity index (χ2n) is 6.83. The summed E-state index contributed by atoms with van der Waals surface area (Å²) in [6.07, 6.45) is -0.961. The molecule has 2 heterocycles. The van der Waals surface area contributed by atoms with Crippen LogP contribution in [0.15, 0.2) is 18.2 Å². The van der Waals surface area contributed by atoms with Crippen LogP contribution in [-0.4, -0.2) is 41.8 Å². The number of esters is 1. The van der Waals surface area contributed by atoms with Gasteiger partial charge >= 0.3 is 5.97 Å². The van der Waals surface area contributed by atoms with Gasteiger partial charge in [-0.1, -0.05) is 6.07 Å². The molecular weight excluding hydrogens is 362 g/mol. The maximum Gasteiger partial charge on any atom is 0.310 e. The van der Waals surface area contributed by atoms with Crippen molar-refractivity contribution in [1.29, 1.82) is 0 Å². The molecule has 0 amide bonds. The average molecular weight is 385 g/mol. The summed E-state index contributed by atoms with van der Waals surface area (Å²) in [4.78, 5) is 39.6. The molecule has 28 heavy (non-hydrogen) atoms. The van der Waals surface area contributed by atoms with Crippen LogP contribution in [0.4, 0.5) is 0 Å². The van der Waals surface area contributed by atoms with E-state index in [1.807, 2.05) is 0 Å². The van der Waals surface area contributed by atoms with Crippen molar-refractivity contribution in [3.8, 4) is 11.5 Å². The summed E-state index contributed by atoms with van der Waals surface area (Å²) in [5, 5.41) is 0. The number of hydrogen-bond donors (Lipinski definition) is 1. The number of ether oxygens (including phenoxy) is 3. The van der Waals surface area contributed by atoms with E-state index in [0.29, 0.717) is 52.8 Å². The van der Waals surface area contributed by atoms with Crippen LogP contribution in [0.1, 0.15) is 51.5 Å². The van der Waals surface area contributed by atoms with Gasteiger partial charge in [0.15, 0.2) is 23.4 Å². The van der Waals surface area contributed by atoms with Gasteiger partial charge in [-0.2, -0.15) is 0 Å². The molecule has 1 aliphatic heterocycles. The van der Waals surface area contributed by atoms with E-state index in [1.54, 1.807) is 32.0 Å². The zero-order valence-corrected chi connectivity index (χ0v) is 16.4. The van der Waals surface area contributed by atoms with Gasteiger partial charge in [0, 0.05) is 11.3 Å². The third-order valence-corrected chi connectivity index (χ3v) is 4.67. The molecule has 1 aliphatic rings. The third-order valence-electron chi connectivity index (χ3n) is 4.67. The van der Waals surface area contributed by atoms with E-state index in [2.05, 4.69) is 4.98 Å². The van der Waals surface area contributed by atoms with Crippen LogP contribution in [0.3, 0.4) is 0 Å². The number of H-pyrrole nitrogens is 1. The minimum absolute atomic E-state index is 0.00962. The van der Waals surface area contributed by atoms with Crippen LogP contribution in [0.2, 0.25) is 0 Å². The Morgan fingerprint density at radius 3 is 2.46 bits per heavy atom. The van der Waals surface area contributed by atoms with Gasteiger partial charge in [-0.3, -0.25) is 14.4 Å². The van der Waals surface area contributed by atoms with E-state index in [-0.39, 0.29) is 18.0 Å². The first-order valence-electron chi connectivity index (χ1n) is 9.10. The van der Waals surface area contributed by atoms with E-state index < -0.39 is 12.1 Å². The highest BCUT2D eigenvalue weighted by atomic mass is 16.6. The molecule has 1 N–H and O–H groups in total. The molecule has 3 rings (SSSR count). The summed E-state index contributed by atoms with van der Waals surface area (Å²) < 4.78 is 16.3. The number of rotatable bonds is 6. The standard InChI is InChI=1S/C21H23NO6/c1-11-19(13(3)23)12(2)22-20(11)21(25)14(4)28-18(24)10-15-5-6-16-17(9-15)27-8-7-26-16/h5-6,9,14,22H,7-8,10H2,1-4H3/t14-/m0/s1. The maximum absolute atomic E-state index is 12.7. The number of hydrogen-bond acceptors (Lipinski definition) is 6. The van der Waals surface area contributed by atoms with Crippen molar-refractivity contribution in [2.24, 2.45) is 0 Å². The number of Topliss-reactive ketones (excluding diaryl/α,β-unsaturated/α-hetero) is 2. The highest BCUT2D eigenvalue weighted by Gasteiger charge is 2.26. The van der Waals surface area contributed by atoms with Gasteiger partial charge in [-0.25, -0.2) is 0 Å². The number of nitrogens with one attached hydrogen (secondary N) is 1. The van der Waals surface area contributed by atoms with Crippen LogP contribution in [0.25, 0.3) is 0 Å². The monoisotopic (exact) mass is 385 g/mol. The minimum atomic E-state index is -0.971. The van der Waals surface area contributed by atoms with Crippen molar-refractivity contribution in [2.45, 2.75) is 40.2 Å². The van der Waals surface area contributed by atoms with Gasteiger partial charge in [0.1, 0.15) is 13.2 Å². The Morgan fingerprint density at radius 1 is 1.14 bits per heavy atom. The predicted octanol–water partition coefficient (Wildman–Crippen LogP) is 2.96. The molecule has 0 unspecified atom stereocenters. The number of ketones is 2. The molecule has 0 saturated carbocycles. The van der Waals surface area contributed by atoms with E-state index in [9.17, 15) is 14.4 Å². The zero-order chi connectivity index (χ0) is 20.4. The summed E-state index contributed by atoms with van der Waals surface area (Å²) in [6, 6.07) is 5.25. The second-order valence-corrected chi connectivity index (χ2v) is 6.83. The van der Waals surface area contributed by atoms with E-state index in [0.717, 1.165) is 0 Å². The summed E-state index contributed by atoms with van der Waals surface area (Å²) in [5.41, 5.74) is 2.70. The van der Waals surface area contributed by atoms with Crippen LogP contribution < -0.4 is 9.47 Å². The smallest absolute Gasteiger partial charge is 0.310 e. The van der Waals surface area contributed by atoms with E-state index >= 15 is 0 Å². The van der Waals surface area contributed by atoms with Crippen LogP contribution in [0.5, 0.6) is 11.5 Å². The van der Waals surface area contributed by atoms with E-state index in [4.69, 9.17) is 14.2 Å². The highest BCUT2D eigenvalue weighted by molar-refractivity contribution is 6.05. The molecule has 7 nitrogen and oxygen atoms in total. The Labute approximate surface area is 163 Å². The average Bonchev–Trinajstić information content (AvgIpc) is 2.95. The molecule has 1 aromatic carbocycles. The van der Waals surface area contributed by atoms with Gasteiger partial charge in [-0.15, -0.1) is 0 Å². The van der Waals surface area contributed by atoms with Gasteiger partial charge in [0.25, 0.3) is 0 Å². The van der Waals surface area contributed by atoms with Crippen molar-refractivity contribution < 1.29 is 28.6 Å². The molecule has 0 aliphatic carbocycles. The van der Waals surface area contributed by atoms with Gasteiger partial charge < -0.3 is 19.2 Å². The van der Waals surface area contributed by atoms with Gasteiger partial charge in [0.05, 0.1) is 12.1 Å². The van der Waals surface area contributed by atoms with E-state index in [1.165, 1.54) is 13.8 Å². The van der Waals surface area contributed by atoms with Crippen molar-refractivity contribution in [2.75, 3.05) is 13.2 Å². The Hall–Kier alpha value is -3.09. The Bertz CT molecular complexity index is 943. The van der Waals surface area contributed by atoms with Gasteiger partial charge in [0.2, 0.25) is 5.78 Å². The maximum atomic E-state index is 12.7. The molecule has 0 saturated heterocycles. The summed E-state index contributed by atoms with van der Waals surface area (Å²) in [6.45, 7) is 7.37. The normalized spacial score (nSPS) is 13.7. The molecule has 1 atom stereocenters. The lowest BCUT2D eigenvalue weighted by molar-refractivity contribution is -0.145. The molecule has 2 aromatic rings. The molecule has 0 fully saturated rings. The topological polar surface area (TPSA) is 94.7 Å². The van der Waals surface area contributed by atoms with Crippen molar-refractivity contribution >= 4 is 17.5 Å². The number of carbonyl (C=O) groups excluding carboxylic acids is 3. The first-order chi connectivity index (χ1) is 13.3. The number of fused-ring (bicyclic) bond motifs is 1. The Kier molecular flexibility index (Phi) is 5.53. The van der Waals surface area contributed by atoms with Crippen molar-refractivity contribution in [3.63, 3.8) is 0 Å².